The largest absolute Gasteiger partial charge is 0.494 e. The molecule has 0 fully saturated rings. The van der Waals surface area contributed by atoms with Crippen LogP contribution in [-0.2, 0) is 4.79 Å². The van der Waals surface area contributed by atoms with Gasteiger partial charge in [-0.25, -0.2) is 4.68 Å². The Morgan fingerprint density at radius 3 is 2.58 bits per heavy atom. The van der Waals surface area contributed by atoms with Gasteiger partial charge in [0.15, 0.2) is 11.6 Å². The summed E-state index contributed by atoms with van der Waals surface area (Å²) in [4.78, 5) is 18.2. The molecule has 3 aromatic rings. The van der Waals surface area contributed by atoms with Crippen LogP contribution in [0.3, 0.4) is 0 Å². The quantitative estimate of drug-likeness (QED) is 0.490. The normalized spacial score (nSPS) is 19.0. The van der Waals surface area contributed by atoms with Crippen LogP contribution in [0.4, 0.5) is 5.95 Å². The number of aromatic nitrogens is 3. The highest BCUT2D eigenvalue weighted by Gasteiger charge is 2.41. The molecule has 1 aliphatic carbocycles. The third kappa shape index (κ3) is 4.17. The van der Waals surface area contributed by atoms with E-state index in [1.165, 1.54) is 0 Å². The van der Waals surface area contributed by atoms with E-state index in [4.69, 9.17) is 14.8 Å². The molecule has 0 amide bonds. The number of benzene rings is 2. The molecule has 6 heteroatoms. The molecule has 5 rings (SSSR count). The number of ether oxygens (including phenoxy) is 1. The molecule has 1 N–H and O–H groups in total. The van der Waals surface area contributed by atoms with Crippen molar-refractivity contribution in [1.29, 1.82) is 0 Å². The number of nitrogens with zero attached hydrogens (tertiary/aromatic N) is 3. The molecule has 2 heterocycles. The van der Waals surface area contributed by atoms with Gasteiger partial charge in [-0.15, -0.1) is 5.10 Å². The van der Waals surface area contributed by atoms with Crippen LogP contribution in [0.15, 0.2) is 65.9 Å². The van der Waals surface area contributed by atoms with Crippen molar-refractivity contribution < 1.29 is 9.53 Å². The van der Waals surface area contributed by atoms with Crippen molar-refractivity contribution in [3.63, 3.8) is 0 Å². The Labute approximate surface area is 194 Å². The maximum Gasteiger partial charge on any atom is 0.226 e. The molecule has 1 atom stereocenters. The number of Topliss-reactive ketones (excluding diaryl/α,β-unsaturated/α-hetero) is 1. The van der Waals surface area contributed by atoms with Gasteiger partial charge < -0.3 is 10.1 Å². The lowest BCUT2D eigenvalue weighted by Gasteiger charge is -2.38. The molecular weight excluding hydrogens is 412 g/mol. The van der Waals surface area contributed by atoms with Gasteiger partial charge >= 0.3 is 0 Å². The number of anilines is 1. The van der Waals surface area contributed by atoms with Crippen molar-refractivity contribution in [2.75, 3.05) is 11.9 Å². The monoisotopic (exact) mass is 442 g/mol. The summed E-state index contributed by atoms with van der Waals surface area (Å²) in [7, 11) is 0. The highest BCUT2D eigenvalue weighted by molar-refractivity contribution is 6.00. The molecule has 0 saturated heterocycles. The van der Waals surface area contributed by atoms with Crippen molar-refractivity contribution in [3.8, 4) is 17.1 Å². The highest BCUT2D eigenvalue weighted by atomic mass is 16.5. The summed E-state index contributed by atoms with van der Waals surface area (Å²) in [6.07, 6.45) is 3.46. The molecule has 0 bridgehead atoms. The van der Waals surface area contributed by atoms with E-state index in [9.17, 15) is 4.79 Å². The van der Waals surface area contributed by atoms with Gasteiger partial charge in [0.05, 0.1) is 6.61 Å². The molecule has 1 aromatic heterocycles. The Kier molecular flexibility index (Phi) is 5.52. The molecule has 1 aliphatic heterocycles. The minimum Gasteiger partial charge on any atom is -0.494 e. The summed E-state index contributed by atoms with van der Waals surface area (Å²) in [5.74, 6) is 2.33. The van der Waals surface area contributed by atoms with Gasteiger partial charge in [-0.2, -0.15) is 4.98 Å². The maximum atomic E-state index is 13.4. The lowest BCUT2D eigenvalue weighted by atomic mass is 9.73. The highest BCUT2D eigenvalue weighted by Crippen LogP contribution is 2.45. The number of carbonyl (C=O) groups is 1. The summed E-state index contributed by atoms with van der Waals surface area (Å²) in [6, 6.07) is 17.7. The van der Waals surface area contributed by atoms with Crippen LogP contribution < -0.4 is 10.1 Å². The van der Waals surface area contributed by atoms with E-state index < -0.39 is 0 Å². The zero-order valence-electron chi connectivity index (χ0n) is 19.5. The van der Waals surface area contributed by atoms with Crippen LogP contribution in [0, 0.1) is 5.41 Å². The number of fused-ring (bicyclic) bond motifs is 1. The first-order valence-corrected chi connectivity index (χ1v) is 11.7. The van der Waals surface area contributed by atoms with Gasteiger partial charge in [-0.1, -0.05) is 69.7 Å². The fraction of sp³-hybridized carbons (Fsp3) is 0.370. The minimum absolute atomic E-state index is 0.0884. The van der Waals surface area contributed by atoms with Crippen LogP contribution in [0.2, 0.25) is 0 Å². The van der Waals surface area contributed by atoms with Crippen molar-refractivity contribution >= 4 is 11.7 Å². The van der Waals surface area contributed by atoms with E-state index in [0.29, 0.717) is 24.8 Å². The summed E-state index contributed by atoms with van der Waals surface area (Å²) in [5.41, 5.74) is 3.62. The Balaban J connectivity index is 1.57. The smallest absolute Gasteiger partial charge is 0.226 e. The maximum absolute atomic E-state index is 13.4. The van der Waals surface area contributed by atoms with Crippen LogP contribution >= 0.6 is 0 Å². The van der Waals surface area contributed by atoms with Gasteiger partial charge in [0.1, 0.15) is 11.8 Å². The average Bonchev–Trinajstić information content (AvgIpc) is 3.22. The van der Waals surface area contributed by atoms with Gasteiger partial charge in [0.2, 0.25) is 5.95 Å². The fourth-order valence-corrected chi connectivity index (χ4v) is 4.71. The molecule has 0 radical (unpaired) electrons. The number of hydrogen-bond acceptors (Lipinski definition) is 5. The van der Waals surface area contributed by atoms with Crippen LogP contribution in [0.5, 0.6) is 5.75 Å². The molecule has 33 heavy (non-hydrogen) atoms. The minimum atomic E-state index is -0.311. The van der Waals surface area contributed by atoms with Gasteiger partial charge in [-0.05, 0) is 36.0 Å². The number of hydrogen-bond donors (Lipinski definition) is 1. The Hall–Kier alpha value is -3.41. The number of allylic oxidation sites excluding steroid dienone is 2. The first-order valence-electron chi connectivity index (χ1n) is 11.7. The van der Waals surface area contributed by atoms with E-state index in [1.807, 2.05) is 59.3 Å². The molecule has 2 aromatic carbocycles. The van der Waals surface area contributed by atoms with Crippen molar-refractivity contribution in [2.45, 2.75) is 52.5 Å². The lowest BCUT2D eigenvalue weighted by Crippen LogP contribution is -2.36. The fourth-order valence-electron chi connectivity index (χ4n) is 4.71. The van der Waals surface area contributed by atoms with E-state index in [1.54, 1.807) is 0 Å². The molecule has 170 valence electrons. The predicted octanol–water partition coefficient (Wildman–Crippen LogP) is 5.78. The van der Waals surface area contributed by atoms with E-state index in [2.05, 4.69) is 26.1 Å². The molecule has 0 unspecified atom stereocenters. The first kappa shape index (κ1) is 21.4. The molecule has 0 spiro atoms. The van der Waals surface area contributed by atoms with Crippen molar-refractivity contribution in [1.82, 2.24) is 14.8 Å². The number of ketones is 1. The number of nitrogens with one attached hydrogen (secondary N) is 1. The SMILES string of the molecule is CCCCOc1ccc([C@@H]2C3=C(CC(C)(C)CC3=O)Nc3nc(-c4ccccc4)nn32)cc1. The Morgan fingerprint density at radius 2 is 1.85 bits per heavy atom. The Bertz CT molecular complexity index is 1190. The second kappa shape index (κ2) is 8.50. The third-order valence-corrected chi connectivity index (χ3v) is 6.33. The van der Waals surface area contributed by atoms with E-state index >= 15 is 0 Å². The van der Waals surface area contributed by atoms with Crippen LogP contribution in [-0.4, -0.2) is 27.2 Å². The number of unbranched alkanes of at least 4 members (excludes halogenated alkanes) is 1. The summed E-state index contributed by atoms with van der Waals surface area (Å²) >= 11 is 0. The first-order chi connectivity index (χ1) is 15.9. The topological polar surface area (TPSA) is 69.0 Å². The van der Waals surface area contributed by atoms with Crippen LogP contribution in [0.25, 0.3) is 11.4 Å². The average molecular weight is 443 g/mol. The molecule has 0 saturated carbocycles. The van der Waals surface area contributed by atoms with Crippen molar-refractivity contribution in [2.24, 2.45) is 5.41 Å². The van der Waals surface area contributed by atoms with E-state index in [-0.39, 0.29) is 17.2 Å². The summed E-state index contributed by atoms with van der Waals surface area (Å²) in [6.45, 7) is 7.14. The zero-order valence-corrected chi connectivity index (χ0v) is 19.5. The van der Waals surface area contributed by atoms with E-state index in [0.717, 1.165) is 47.4 Å². The lowest BCUT2D eigenvalue weighted by molar-refractivity contribution is -0.118. The van der Waals surface area contributed by atoms with Gasteiger partial charge in [-0.3, -0.25) is 4.79 Å². The number of carbonyl (C=O) groups excluding carboxylic acids is 1. The van der Waals surface area contributed by atoms with Crippen molar-refractivity contribution in [3.05, 3.63) is 71.4 Å². The molecule has 2 aliphatic rings. The second-order valence-electron chi connectivity index (χ2n) is 9.70. The Morgan fingerprint density at radius 1 is 1.09 bits per heavy atom. The third-order valence-electron chi connectivity index (χ3n) is 6.33. The summed E-state index contributed by atoms with van der Waals surface area (Å²) in [5, 5.41) is 8.29. The van der Waals surface area contributed by atoms with Crippen LogP contribution in [0.1, 0.15) is 58.1 Å². The molecular formula is C27H30N4O2. The summed E-state index contributed by atoms with van der Waals surface area (Å²) < 4.78 is 7.71. The van der Waals surface area contributed by atoms with Gasteiger partial charge in [0.25, 0.3) is 0 Å². The second-order valence-corrected chi connectivity index (χ2v) is 9.70. The zero-order chi connectivity index (χ0) is 23.0. The number of rotatable bonds is 6. The predicted molar refractivity (Wildman–Crippen MR) is 129 cm³/mol. The standard InChI is InChI=1S/C27H30N4O2/c1-4-5-15-33-20-13-11-18(12-14-20)24-23-21(16-27(2,3)17-22(23)32)28-26-29-25(30-31(24)26)19-9-7-6-8-10-19/h6-14,24H,4-5,15-17H2,1-3H3,(H,28,29,30)/t24-/m1/s1. The molecule has 6 nitrogen and oxygen atoms in total. The van der Waals surface area contributed by atoms with Gasteiger partial charge in [0, 0.05) is 23.3 Å².